The van der Waals surface area contributed by atoms with E-state index in [1.54, 1.807) is 18.3 Å². The van der Waals surface area contributed by atoms with Gasteiger partial charge in [0, 0.05) is 35.3 Å². The lowest BCUT2D eigenvalue weighted by molar-refractivity contribution is 0.102. The Kier molecular flexibility index (Phi) is 4.50. The number of ether oxygens (including phenoxy) is 2. The molecule has 1 atom stereocenters. The van der Waals surface area contributed by atoms with E-state index in [0.717, 1.165) is 28.7 Å². The molecule has 6 nitrogen and oxygen atoms in total. The summed E-state index contributed by atoms with van der Waals surface area (Å²) in [4.78, 5) is 21.4. The minimum Gasteiger partial charge on any atom is -0.472 e. The number of hydrogen-bond donors (Lipinski definition) is 1. The van der Waals surface area contributed by atoms with Crippen molar-refractivity contribution in [3.63, 3.8) is 0 Å². The molecule has 132 valence electrons. The van der Waals surface area contributed by atoms with Crippen molar-refractivity contribution < 1.29 is 14.3 Å². The number of fused-ring (bicyclic) bond motifs is 1. The van der Waals surface area contributed by atoms with Crippen LogP contribution in [0.25, 0.3) is 10.9 Å². The van der Waals surface area contributed by atoms with Crippen molar-refractivity contribution in [2.24, 2.45) is 0 Å². The van der Waals surface area contributed by atoms with Crippen molar-refractivity contribution in [1.82, 2.24) is 9.97 Å². The lowest BCUT2D eigenvalue weighted by Gasteiger charge is -2.12. The van der Waals surface area contributed by atoms with Gasteiger partial charge in [0.15, 0.2) is 0 Å². The molecule has 1 aliphatic rings. The average Bonchev–Trinajstić information content (AvgIpc) is 3.15. The number of nitrogens with zero attached hydrogens (tertiary/aromatic N) is 2. The molecule has 1 N–H and O–H groups in total. The average molecular weight is 349 g/mol. The maximum atomic E-state index is 12.7. The van der Waals surface area contributed by atoms with Crippen molar-refractivity contribution in [1.29, 1.82) is 0 Å². The van der Waals surface area contributed by atoms with Crippen molar-refractivity contribution in [3.05, 3.63) is 59.9 Å². The molecular formula is C20H19N3O3. The van der Waals surface area contributed by atoms with Gasteiger partial charge in [-0.25, -0.2) is 4.98 Å². The molecule has 3 heterocycles. The Labute approximate surface area is 151 Å². The van der Waals surface area contributed by atoms with Crippen LogP contribution in [0.1, 0.15) is 22.5 Å². The van der Waals surface area contributed by atoms with Gasteiger partial charge < -0.3 is 14.8 Å². The lowest BCUT2D eigenvalue weighted by atomic mass is 10.1. The van der Waals surface area contributed by atoms with E-state index in [9.17, 15) is 4.79 Å². The monoisotopic (exact) mass is 349 g/mol. The van der Waals surface area contributed by atoms with Gasteiger partial charge in [0.25, 0.3) is 5.91 Å². The predicted octanol–water partition coefficient (Wildman–Crippen LogP) is 3.36. The fourth-order valence-corrected chi connectivity index (χ4v) is 2.95. The maximum absolute atomic E-state index is 12.7. The second-order valence-electron chi connectivity index (χ2n) is 6.27. The summed E-state index contributed by atoms with van der Waals surface area (Å²) in [5.74, 6) is 0.219. The third-order valence-corrected chi connectivity index (χ3v) is 4.29. The fourth-order valence-electron chi connectivity index (χ4n) is 2.95. The summed E-state index contributed by atoms with van der Waals surface area (Å²) in [6, 6.07) is 12.9. The fraction of sp³-hybridized carbons (Fsp3) is 0.250. The Morgan fingerprint density at radius 3 is 3.04 bits per heavy atom. The number of amides is 1. The smallest absolute Gasteiger partial charge is 0.255 e. The van der Waals surface area contributed by atoms with E-state index in [-0.39, 0.29) is 12.0 Å². The van der Waals surface area contributed by atoms with Gasteiger partial charge in [-0.05, 0) is 37.3 Å². The molecule has 0 saturated carbocycles. The summed E-state index contributed by atoms with van der Waals surface area (Å²) >= 11 is 0. The van der Waals surface area contributed by atoms with Gasteiger partial charge in [-0.15, -0.1) is 0 Å². The molecule has 1 aliphatic heterocycles. The molecule has 3 aromatic rings. The van der Waals surface area contributed by atoms with Crippen LogP contribution in [0.15, 0.2) is 48.7 Å². The SMILES string of the molecule is Cc1ccc2c(NC(=O)c3ccnc(OC4CCOC4)c3)cccc2n1. The number of hydrogen-bond acceptors (Lipinski definition) is 5. The minimum absolute atomic E-state index is 0.00630. The molecule has 1 fully saturated rings. The van der Waals surface area contributed by atoms with E-state index >= 15 is 0 Å². The topological polar surface area (TPSA) is 73.3 Å². The molecular weight excluding hydrogens is 330 g/mol. The van der Waals surface area contributed by atoms with E-state index in [1.165, 1.54) is 0 Å². The predicted molar refractivity (Wildman–Crippen MR) is 98.5 cm³/mol. The highest BCUT2D eigenvalue weighted by Gasteiger charge is 2.18. The number of carbonyl (C=O) groups is 1. The summed E-state index contributed by atoms with van der Waals surface area (Å²) < 4.78 is 11.1. The van der Waals surface area contributed by atoms with Gasteiger partial charge in [0.1, 0.15) is 6.10 Å². The van der Waals surface area contributed by atoms with E-state index in [4.69, 9.17) is 9.47 Å². The van der Waals surface area contributed by atoms with E-state index in [2.05, 4.69) is 15.3 Å². The van der Waals surface area contributed by atoms with Crippen molar-refractivity contribution >= 4 is 22.5 Å². The molecule has 1 saturated heterocycles. The summed E-state index contributed by atoms with van der Waals surface area (Å²) in [6.07, 6.45) is 2.41. The van der Waals surface area contributed by atoms with Crippen LogP contribution >= 0.6 is 0 Å². The van der Waals surface area contributed by atoms with Crippen molar-refractivity contribution in [2.75, 3.05) is 18.5 Å². The van der Waals surface area contributed by atoms with Crippen molar-refractivity contribution in [3.8, 4) is 5.88 Å². The Bertz CT molecular complexity index is 952. The number of carbonyl (C=O) groups excluding carboxylic acids is 1. The molecule has 4 rings (SSSR count). The Morgan fingerprint density at radius 2 is 2.19 bits per heavy atom. The minimum atomic E-state index is -0.215. The largest absolute Gasteiger partial charge is 0.472 e. The van der Waals surface area contributed by atoms with Gasteiger partial charge in [-0.3, -0.25) is 9.78 Å². The first-order valence-corrected chi connectivity index (χ1v) is 8.57. The molecule has 0 aliphatic carbocycles. The second kappa shape index (κ2) is 7.09. The zero-order valence-corrected chi connectivity index (χ0v) is 14.4. The first kappa shape index (κ1) is 16.5. The van der Waals surface area contributed by atoms with Crippen LogP contribution < -0.4 is 10.1 Å². The molecule has 0 bridgehead atoms. The molecule has 0 spiro atoms. The zero-order valence-electron chi connectivity index (χ0n) is 14.4. The van der Waals surface area contributed by atoms with Crippen LogP contribution in [-0.2, 0) is 4.74 Å². The van der Waals surface area contributed by atoms with E-state index < -0.39 is 0 Å². The van der Waals surface area contributed by atoms with Crippen molar-refractivity contribution in [2.45, 2.75) is 19.4 Å². The van der Waals surface area contributed by atoms with E-state index in [0.29, 0.717) is 24.7 Å². The summed E-state index contributed by atoms with van der Waals surface area (Å²) in [6.45, 7) is 3.19. The summed E-state index contributed by atoms with van der Waals surface area (Å²) in [5.41, 5.74) is 3.00. The lowest BCUT2D eigenvalue weighted by Crippen LogP contribution is -2.17. The quantitative estimate of drug-likeness (QED) is 0.782. The summed E-state index contributed by atoms with van der Waals surface area (Å²) in [5, 5.41) is 3.86. The highest BCUT2D eigenvalue weighted by atomic mass is 16.5. The third-order valence-electron chi connectivity index (χ3n) is 4.29. The number of aryl methyl sites for hydroxylation is 1. The Morgan fingerprint density at radius 1 is 1.27 bits per heavy atom. The Balaban J connectivity index is 1.55. The number of pyridine rings is 2. The zero-order chi connectivity index (χ0) is 17.9. The number of anilines is 1. The first-order valence-electron chi connectivity index (χ1n) is 8.57. The Hall–Kier alpha value is -2.99. The molecule has 0 radical (unpaired) electrons. The molecule has 6 heteroatoms. The number of benzene rings is 1. The molecule has 2 aromatic heterocycles. The number of rotatable bonds is 4. The van der Waals surface area contributed by atoms with Gasteiger partial charge in [0.05, 0.1) is 24.4 Å². The van der Waals surface area contributed by atoms with Gasteiger partial charge in [0.2, 0.25) is 5.88 Å². The van der Waals surface area contributed by atoms with Gasteiger partial charge in [-0.1, -0.05) is 6.07 Å². The highest BCUT2D eigenvalue weighted by Crippen LogP contribution is 2.23. The molecule has 1 amide bonds. The molecule has 26 heavy (non-hydrogen) atoms. The molecule has 1 aromatic carbocycles. The normalized spacial score (nSPS) is 16.6. The van der Waals surface area contributed by atoms with E-state index in [1.807, 2.05) is 37.3 Å². The summed E-state index contributed by atoms with van der Waals surface area (Å²) in [7, 11) is 0. The number of nitrogens with one attached hydrogen (secondary N) is 1. The van der Waals surface area contributed by atoms with Crippen LogP contribution in [0.3, 0.4) is 0 Å². The van der Waals surface area contributed by atoms with Gasteiger partial charge in [-0.2, -0.15) is 0 Å². The van der Waals surface area contributed by atoms with Gasteiger partial charge >= 0.3 is 0 Å². The third kappa shape index (κ3) is 3.50. The van der Waals surface area contributed by atoms with Crippen LogP contribution in [0.5, 0.6) is 5.88 Å². The first-order chi connectivity index (χ1) is 12.7. The van der Waals surface area contributed by atoms with Crippen LogP contribution in [-0.4, -0.2) is 35.2 Å². The molecule has 1 unspecified atom stereocenters. The highest BCUT2D eigenvalue weighted by molar-refractivity contribution is 6.08. The van der Waals surface area contributed by atoms with Crippen LogP contribution in [0, 0.1) is 6.92 Å². The number of aromatic nitrogens is 2. The van der Waals surface area contributed by atoms with Crippen LogP contribution in [0.4, 0.5) is 5.69 Å². The maximum Gasteiger partial charge on any atom is 0.255 e. The standard InChI is InChI=1S/C20H19N3O3/c1-13-5-6-16-17(22-13)3-2-4-18(16)23-20(24)14-7-9-21-19(11-14)26-15-8-10-25-12-15/h2-7,9,11,15H,8,10,12H2,1H3,(H,23,24). The second-order valence-corrected chi connectivity index (χ2v) is 6.27. The van der Waals surface area contributed by atoms with Crippen LogP contribution in [0.2, 0.25) is 0 Å².